The fourth-order valence-corrected chi connectivity index (χ4v) is 2.89. The molecule has 2 aromatic heterocycles. The molecule has 118 valence electrons. The molecule has 6 nitrogen and oxygen atoms in total. The minimum absolute atomic E-state index is 0.139. The molecule has 3 aromatic rings. The van der Waals surface area contributed by atoms with Gasteiger partial charge in [0.2, 0.25) is 11.7 Å². The highest BCUT2D eigenvalue weighted by Crippen LogP contribution is 2.20. The molecule has 3 rings (SSSR count). The van der Waals surface area contributed by atoms with E-state index < -0.39 is 0 Å². The van der Waals surface area contributed by atoms with Gasteiger partial charge in [0.15, 0.2) is 0 Å². The standard InChI is InChI=1S/C15H13ClN4O2S/c1-9-13(23-8-18-9)15(21)17-6-5-12-19-14(20-22-12)10-3-2-4-11(16)7-10/h2-4,7-8H,5-6H2,1H3,(H,17,21). The molecule has 23 heavy (non-hydrogen) atoms. The van der Waals surface area contributed by atoms with E-state index in [4.69, 9.17) is 16.1 Å². The fraction of sp³-hybridized carbons (Fsp3) is 0.200. The van der Waals surface area contributed by atoms with E-state index in [0.717, 1.165) is 11.3 Å². The Morgan fingerprint density at radius 2 is 2.30 bits per heavy atom. The number of amides is 1. The lowest BCUT2D eigenvalue weighted by molar-refractivity contribution is 0.0956. The number of carbonyl (C=O) groups is 1. The van der Waals surface area contributed by atoms with Crippen LogP contribution in [0.5, 0.6) is 0 Å². The molecule has 0 bridgehead atoms. The van der Waals surface area contributed by atoms with Gasteiger partial charge in [-0.1, -0.05) is 28.9 Å². The van der Waals surface area contributed by atoms with E-state index in [1.54, 1.807) is 24.6 Å². The van der Waals surface area contributed by atoms with Crippen LogP contribution in [0.15, 0.2) is 34.3 Å². The second-order valence-corrected chi connectivity index (χ2v) is 6.09. The van der Waals surface area contributed by atoms with E-state index in [-0.39, 0.29) is 5.91 Å². The lowest BCUT2D eigenvalue weighted by Gasteiger charge is -2.01. The predicted molar refractivity (Wildman–Crippen MR) is 87.6 cm³/mol. The van der Waals surface area contributed by atoms with E-state index in [2.05, 4.69) is 20.4 Å². The molecule has 1 amide bonds. The molecule has 0 saturated heterocycles. The van der Waals surface area contributed by atoms with Crippen molar-refractivity contribution in [2.45, 2.75) is 13.3 Å². The van der Waals surface area contributed by atoms with E-state index >= 15 is 0 Å². The minimum Gasteiger partial charge on any atom is -0.351 e. The summed E-state index contributed by atoms with van der Waals surface area (Å²) in [6, 6.07) is 7.23. The van der Waals surface area contributed by atoms with E-state index in [9.17, 15) is 4.79 Å². The first-order chi connectivity index (χ1) is 11.1. The third-order valence-electron chi connectivity index (χ3n) is 3.13. The Hall–Kier alpha value is -2.25. The molecule has 0 fully saturated rings. The summed E-state index contributed by atoms with van der Waals surface area (Å²) in [6.07, 6.45) is 0.456. The summed E-state index contributed by atoms with van der Waals surface area (Å²) in [5, 5.41) is 7.35. The molecule has 1 aromatic carbocycles. The van der Waals surface area contributed by atoms with Crippen LogP contribution in [0.2, 0.25) is 5.02 Å². The lowest BCUT2D eigenvalue weighted by Crippen LogP contribution is -2.25. The Morgan fingerprint density at radius 3 is 3.04 bits per heavy atom. The number of nitrogens with one attached hydrogen (secondary N) is 1. The summed E-state index contributed by atoms with van der Waals surface area (Å²) in [4.78, 5) is 20.9. The SMILES string of the molecule is Cc1ncsc1C(=O)NCCc1nc(-c2cccc(Cl)c2)no1. The number of nitrogens with zero attached hydrogens (tertiary/aromatic N) is 3. The van der Waals surface area contributed by atoms with Crippen molar-refractivity contribution in [3.8, 4) is 11.4 Å². The van der Waals surface area contributed by atoms with Crippen LogP contribution in [-0.2, 0) is 6.42 Å². The maximum absolute atomic E-state index is 12.0. The highest BCUT2D eigenvalue weighted by Gasteiger charge is 2.12. The van der Waals surface area contributed by atoms with Gasteiger partial charge in [0.1, 0.15) is 4.88 Å². The van der Waals surface area contributed by atoms with E-state index in [1.807, 2.05) is 12.1 Å². The largest absolute Gasteiger partial charge is 0.351 e. The number of hydrogen-bond donors (Lipinski definition) is 1. The normalized spacial score (nSPS) is 10.7. The van der Waals surface area contributed by atoms with Crippen molar-refractivity contribution >= 4 is 28.8 Å². The van der Waals surface area contributed by atoms with Crippen LogP contribution in [0.3, 0.4) is 0 Å². The summed E-state index contributed by atoms with van der Waals surface area (Å²) in [7, 11) is 0. The van der Waals surface area contributed by atoms with Crippen LogP contribution in [0, 0.1) is 6.92 Å². The average Bonchev–Trinajstić information content (AvgIpc) is 3.16. The minimum atomic E-state index is -0.139. The zero-order chi connectivity index (χ0) is 16.2. The van der Waals surface area contributed by atoms with Gasteiger partial charge in [0, 0.05) is 23.6 Å². The molecule has 0 atom stereocenters. The van der Waals surface area contributed by atoms with Crippen LogP contribution in [0.25, 0.3) is 11.4 Å². The summed E-state index contributed by atoms with van der Waals surface area (Å²) < 4.78 is 5.19. The Bertz CT molecular complexity index is 830. The highest BCUT2D eigenvalue weighted by atomic mass is 35.5. The third-order valence-corrected chi connectivity index (χ3v) is 4.29. The molecule has 0 aliphatic rings. The van der Waals surface area contributed by atoms with Gasteiger partial charge in [-0.15, -0.1) is 11.3 Å². The number of halogens is 1. The molecule has 0 unspecified atom stereocenters. The van der Waals surface area contributed by atoms with Crippen molar-refractivity contribution in [3.05, 3.63) is 51.3 Å². The number of rotatable bonds is 5. The molecule has 0 spiro atoms. The topological polar surface area (TPSA) is 80.9 Å². The fourth-order valence-electron chi connectivity index (χ4n) is 1.98. The molecule has 8 heteroatoms. The van der Waals surface area contributed by atoms with Crippen molar-refractivity contribution in [2.24, 2.45) is 0 Å². The number of hydrogen-bond acceptors (Lipinski definition) is 6. The van der Waals surface area contributed by atoms with E-state index in [0.29, 0.717) is 34.6 Å². The van der Waals surface area contributed by atoms with Gasteiger partial charge in [-0.05, 0) is 19.1 Å². The molecule has 2 heterocycles. The first-order valence-electron chi connectivity index (χ1n) is 6.90. The lowest BCUT2D eigenvalue weighted by atomic mass is 10.2. The Kier molecular flexibility index (Phi) is 4.68. The number of aryl methyl sites for hydroxylation is 1. The second-order valence-electron chi connectivity index (χ2n) is 4.79. The van der Waals surface area contributed by atoms with Crippen LogP contribution < -0.4 is 5.32 Å². The van der Waals surface area contributed by atoms with Gasteiger partial charge >= 0.3 is 0 Å². The first kappa shape index (κ1) is 15.6. The summed E-state index contributed by atoms with van der Waals surface area (Å²) in [5.74, 6) is 0.799. The Morgan fingerprint density at radius 1 is 1.43 bits per heavy atom. The number of carbonyl (C=O) groups excluding carboxylic acids is 1. The van der Waals surface area contributed by atoms with Gasteiger partial charge in [-0.2, -0.15) is 4.98 Å². The molecule has 0 aliphatic carbocycles. The van der Waals surface area contributed by atoms with Gasteiger partial charge in [0.25, 0.3) is 5.91 Å². The van der Waals surface area contributed by atoms with Crippen LogP contribution in [-0.4, -0.2) is 27.6 Å². The van der Waals surface area contributed by atoms with Crippen molar-refractivity contribution in [1.29, 1.82) is 0 Å². The summed E-state index contributed by atoms with van der Waals surface area (Å²) in [5.41, 5.74) is 3.17. The van der Waals surface area contributed by atoms with Gasteiger partial charge in [0.05, 0.1) is 11.2 Å². The van der Waals surface area contributed by atoms with Gasteiger partial charge in [-0.25, -0.2) is 4.98 Å². The maximum Gasteiger partial charge on any atom is 0.263 e. The number of benzene rings is 1. The van der Waals surface area contributed by atoms with Gasteiger partial charge < -0.3 is 9.84 Å². The van der Waals surface area contributed by atoms with Crippen molar-refractivity contribution < 1.29 is 9.32 Å². The van der Waals surface area contributed by atoms with Crippen molar-refractivity contribution in [3.63, 3.8) is 0 Å². The van der Waals surface area contributed by atoms with Gasteiger partial charge in [-0.3, -0.25) is 4.79 Å². The predicted octanol–water partition coefficient (Wildman–Crippen LogP) is 3.13. The zero-order valence-electron chi connectivity index (χ0n) is 12.2. The third kappa shape index (κ3) is 3.75. The maximum atomic E-state index is 12.0. The summed E-state index contributed by atoms with van der Waals surface area (Å²) in [6.45, 7) is 2.22. The first-order valence-corrected chi connectivity index (χ1v) is 8.16. The number of aromatic nitrogens is 3. The Labute approximate surface area is 141 Å². The van der Waals surface area contributed by atoms with Crippen LogP contribution >= 0.6 is 22.9 Å². The average molecular weight is 349 g/mol. The highest BCUT2D eigenvalue weighted by molar-refractivity contribution is 7.11. The molecule has 1 N–H and O–H groups in total. The van der Waals surface area contributed by atoms with Crippen LogP contribution in [0.1, 0.15) is 21.3 Å². The van der Waals surface area contributed by atoms with Crippen LogP contribution in [0.4, 0.5) is 0 Å². The molecule has 0 radical (unpaired) electrons. The van der Waals surface area contributed by atoms with E-state index in [1.165, 1.54) is 11.3 Å². The van der Waals surface area contributed by atoms with Crippen molar-refractivity contribution in [2.75, 3.05) is 6.54 Å². The monoisotopic (exact) mass is 348 g/mol. The zero-order valence-corrected chi connectivity index (χ0v) is 13.8. The quantitative estimate of drug-likeness (QED) is 0.766. The summed E-state index contributed by atoms with van der Waals surface area (Å²) >= 11 is 7.26. The smallest absolute Gasteiger partial charge is 0.263 e. The molecular weight excluding hydrogens is 336 g/mol. The molecule has 0 aliphatic heterocycles. The van der Waals surface area contributed by atoms with Crippen molar-refractivity contribution in [1.82, 2.24) is 20.4 Å². The molecular formula is C15H13ClN4O2S. The second kappa shape index (κ2) is 6.89. The molecule has 0 saturated carbocycles. The Balaban J connectivity index is 1.58. The number of thiazole rings is 1.